The molecule has 0 saturated heterocycles. The summed E-state index contributed by atoms with van der Waals surface area (Å²) in [6.07, 6.45) is 4.92. The van der Waals surface area contributed by atoms with E-state index in [1.807, 2.05) is 24.3 Å². The van der Waals surface area contributed by atoms with Crippen LogP contribution in [0.4, 0.5) is 11.4 Å². The molecule has 7 nitrogen and oxygen atoms in total. The number of aromatic nitrogens is 1. The molecule has 0 unspecified atom stereocenters. The van der Waals surface area contributed by atoms with E-state index in [0.29, 0.717) is 34.9 Å². The SMILES string of the molecule is COc1ccc(N(C(=O)c2cccnc2)c2cccc(C(=O)O)c2)c(O)c1CCCc1ccc(Cl)cc1. The van der Waals surface area contributed by atoms with Crippen LogP contribution in [0.25, 0.3) is 0 Å². The number of anilines is 2. The third-order valence-corrected chi connectivity index (χ3v) is 6.20. The third-order valence-electron chi connectivity index (χ3n) is 5.95. The molecule has 8 heteroatoms. The molecule has 188 valence electrons. The van der Waals surface area contributed by atoms with Crippen molar-refractivity contribution in [3.05, 3.63) is 112 Å². The van der Waals surface area contributed by atoms with Crippen molar-refractivity contribution in [1.82, 2.24) is 4.98 Å². The number of aromatic hydroxyl groups is 1. The highest BCUT2D eigenvalue weighted by Gasteiger charge is 2.26. The predicted molar refractivity (Wildman–Crippen MR) is 142 cm³/mol. The van der Waals surface area contributed by atoms with Gasteiger partial charge in [-0.25, -0.2) is 4.79 Å². The van der Waals surface area contributed by atoms with Gasteiger partial charge in [-0.05, 0) is 79.4 Å². The zero-order valence-electron chi connectivity index (χ0n) is 20.1. The summed E-state index contributed by atoms with van der Waals surface area (Å²) in [5, 5.41) is 21.6. The summed E-state index contributed by atoms with van der Waals surface area (Å²) >= 11 is 5.98. The van der Waals surface area contributed by atoms with E-state index in [4.69, 9.17) is 16.3 Å². The number of methoxy groups -OCH3 is 1. The minimum absolute atomic E-state index is 0.0117. The van der Waals surface area contributed by atoms with E-state index in [0.717, 1.165) is 12.0 Å². The Kier molecular flexibility index (Phi) is 8.05. The number of hydrogen-bond donors (Lipinski definition) is 2. The Bertz CT molecular complexity index is 1410. The van der Waals surface area contributed by atoms with E-state index in [-0.39, 0.29) is 22.6 Å². The molecule has 2 N–H and O–H groups in total. The summed E-state index contributed by atoms with van der Waals surface area (Å²) in [7, 11) is 1.52. The Hall–Kier alpha value is -4.36. The molecule has 0 fully saturated rings. The van der Waals surface area contributed by atoms with Crippen molar-refractivity contribution in [3.63, 3.8) is 0 Å². The number of ether oxygens (including phenoxy) is 1. The van der Waals surface area contributed by atoms with Crippen molar-refractivity contribution in [2.45, 2.75) is 19.3 Å². The number of hydrogen-bond acceptors (Lipinski definition) is 5. The largest absolute Gasteiger partial charge is 0.505 e. The van der Waals surface area contributed by atoms with Gasteiger partial charge in [0, 0.05) is 23.0 Å². The number of carboxylic acid groups (broad SMARTS) is 1. The molecule has 37 heavy (non-hydrogen) atoms. The highest BCUT2D eigenvalue weighted by molar-refractivity contribution is 6.30. The highest BCUT2D eigenvalue weighted by Crippen LogP contribution is 2.41. The first kappa shape index (κ1) is 25.7. The van der Waals surface area contributed by atoms with Gasteiger partial charge in [-0.3, -0.25) is 14.7 Å². The van der Waals surface area contributed by atoms with E-state index in [1.165, 1.54) is 30.3 Å². The topological polar surface area (TPSA) is 100.0 Å². The maximum Gasteiger partial charge on any atom is 0.335 e. The van der Waals surface area contributed by atoms with Crippen LogP contribution in [0, 0.1) is 0 Å². The van der Waals surface area contributed by atoms with Gasteiger partial charge in [0.1, 0.15) is 11.5 Å². The summed E-state index contributed by atoms with van der Waals surface area (Å²) < 4.78 is 5.51. The first-order valence-corrected chi connectivity index (χ1v) is 12.0. The molecule has 0 radical (unpaired) electrons. The first-order valence-electron chi connectivity index (χ1n) is 11.6. The van der Waals surface area contributed by atoms with Crippen LogP contribution in [0.5, 0.6) is 11.5 Å². The van der Waals surface area contributed by atoms with E-state index < -0.39 is 11.9 Å². The molecule has 1 heterocycles. The van der Waals surface area contributed by atoms with Gasteiger partial charge >= 0.3 is 5.97 Å². The summed E-state index contributed by atoms with van der Waals surface area (Å²) in [6.45, 7) is 0. The van der Waals surface area contributed by atoms with Gasteiger partial charge < -0.3 is 14.9 Å². The normalized spacial score (nSPS) is 10.6. The molecule has 1 amide bonds. The van der Waals surface area contributed by atoms with Gasteiger partial charge in [0.25, 0.3) is 5.91 Å². The molecule has 1 aromatic heterocycles. The van der Waals surface area contributed by atoms with Gasteiger partial charge in [-0.2, -0.15) is 0 Å². The monoisotopic (exact) mass is 516 g/mol. The number of halogens is 1. The van der Waals surface area contributed by atoms with Crippen molar-refractivity contribution in [3.8, 4) is 11.5 Å². The zero-order valence-corrected chi connectivity index (χ0v) is 20.9. The van der Waals surface area contributed by atoms with Crippen LogP contribution in [0.2, 0.25) is 5.02 Å². The third kappa shape index (κ3) is 5.90. The summed E-state index contributed by atoms with van der Waals surface area (Å²) in [6, 6.07) is 20.1. The number of pyridine rings is 1. The molecule has 0 saturated carbocycles. The molecule has 0 aliphatic carbocycles. The molecule has 4 rings (SSSR count). The second kappa shape index (κ2) is 11.6. The number of phenols is 1. The number of carbonyl (C=O) groups excluding carboxylic acids is 1. The minimum atomic E-state index is -1.13. The first-order chi connectivity index (χ1) is 17.9. The van der Waals surface area contributed by atoms with Gasteiger partial charge in [0.15, 0.2) is 0 Å². The standard InChI is InChI=1S/C29H25ClN2O5/c1-37-26-15-14-25(27(33)24(26)9-2-5-19-10-12-22(30)13-11-19)32(28(34)21-7-4-16-31-18-21)23-8-3-6-20(17-23)29(35)36/h3-4,6-8,10-18,33H,2,5,9H2,1H3,(H,35,36). The number of aromatic carboxylic acids is 1. The molecule has 0 bridgehead atoms. The van der Waals surface area contributed by atoms with Crippen molar-refractivity contribution < 1.29 is 24.5 Å². The van der Waals surface area contributed by atoms with Crippen molar-refractivity contribution in [2.75, 3.05) is 12.0 Å². The average Bonchev–Trinajstić information content (AvgIpc) is 2.92. The molecule has 4 aromatic rings. The lowest BCUT2D eigenvalue weighted by Crippen LogP contribution is -2.26. The van der Waals surface area contributed by atoms with E-state index in [1.54, 1.807) is 42.6 Å². The lowest BCUT2D eigenvalue weighted by Gasteiger charge is -2.26. The molecule has 0 spiro atoms. The number of carboxylic acids is 1. The fourth-order valence-electron chi connectivity index (χ4n) is 4.10. The number of aryl methyl sites for hydroxylation is 1. The second-order valence-corrected chi connectivity index (χ2v) is 8.77. The maximum atomic E-state index is 13.7. The summed E-state index contributed by atoms with van der Waals surface area (Å²) in [5.41, 5.74) is 2.45. The van der Waals surface area contributed by atoms with Crippen molar-refractivity contribution >= 4 is 34.9 Å². The Morgan fingerprint density at radius 2 is 1.73 bits per heavy atom. The van der Waals surface area contributed by atoms with E-state index in [9.17, 15) is 19.8 Å². The van der Waals surface area contributed by atoms with Gasteiger partial charge in [-0.1, -0.05) is 29.8 Å². The van der Waals surface area contributed by atoms with Crippen molar-refractivity contribution in [2.24, 2.45) is 0 Å². The Morgan fingerprint density at radius 1 is 0.973 bits per heavy atom. The van der Waals surface area contributed by atoms with Crippen LogP contribution in [0.15, 0.2) is 85.2 Å². The van der Waals surface area contributed by atoms with Crippen LogP contribution in [-0.4, -0.2) is 34.2 Å². The van der Waals surface area contributed by atoms with Gasteiger partial charge in [0.05, 0.1) is 29.6 Å². The molecule has 3 aromatic carbocycles. The van der Waals surface area contributed by atoms with Crippen LogP contribution in [0.3, 0.4) is 0 Å². The predicted octanol–water partition coefficient (Wildman–Crippen LogP) is 6.30. The number of nitrogens with zero attached hydrogens (tertiary/aromatic N) is 2. The number of benzene rings is 3. The lowest BCUT2D eigenvalue weighted by molar-refractivity contribution is 0.0696. The molecule has 0 aliphatic heterocycles. The van der Waals surface area contributed by atoms with Crippen LogP contribution < -0.4 is 9.64 Å². The Balaban J connectivity index is 1.74. The Morgan fingerprint density at radius 3 is 2.41 bits per heavy atom. The minimum Gasteiger partial charge on any atom is -0.505 e. The summed E-state index contributed by atoms with van der Waals surface area (Å²) in [4.78, 5) is 30.6. The lowest BCUT2D eigenvalue weighted by atomic mass is 10.0. The van der Waals surface area contributed by atoms with Gasteiger partial charge in [0.2, 0.25) is 0 Å². The molecular weight excluding hydrogens is 492 g/mol. The quantitative estimate of drug-likeness (QED) is 0.271. The van der Waals surface area contributed by atoms with Crippen molar-refractivity contribution in [1.29, 1.82) is 0 Å². The highest BCUT2D eigenvalue weighted by atomic mass is 35.5. The summed E-state index contributed by atoms with van der Waals surface area (Å²) in [5.74, 6) is -1.22. The number of amides is 1. The smallest absolute Gasteiger partial charge is 0.335 e. The fraction of sp³-hybridized carbons (Fsp3) is 0.138. The molecule has 0 atom stereocenters. The number of phenolic OH excluding ortho intramolecular Hbond substituents is 1. The van der Waals surface area contributed by atoms with E-state index >= 15 is 0 Å². The second-order valence-electron chi connectivity index (χ2n) is 8.33. The van der Waals surface area contributed by atoms with Gasteiger partial charge in [-0.15, -0.1) is 0 Å². The van der Waals surface area contributed by atoms with Crippen LogP contribution in [0.1, 0.15) is 38.3 Å². The van der Waals surface area contributed by atoms with Crippen LogP contribution >= 0.6 is 11.6 Å². The van der Waals surface area contributed by atoms with Crippen LogP contribution in [-0.2, 0) is 12.8 Å². The Labute approximate surface area is 219 Å². The number of carbonyl (C=O) groups is 2. The maximum absolute atomic E-state index is 13.7. The van der Waals surface area contributed by atoms with E-state index in [2.05, 4.69) is 4.98 Å². The number of rotatable bonds is 9. The molecule has 0 aliphatic rings. The fourth-order valence-corrected chi connectivity index (χ4v) is 4.23. The molecular formula is C29H25ClN2O5. The average molecular weight is 517 g/mol. The zero-order chi connectivity index (χ0) is 26.4.